The predicted octanol–water partition coefficient (Wildman–Crippen LogP) is 21.2. The maximum Gasteiger partial charge on any atom is 0.489 e. The van der Waals surface area contributed by atoms with Crippen molar-refractivity contribution in [2.45, 2.75) is 306 Å². The minimum absolute atomic E-state index is 0. The van der Waals surface area contributed by atoms with Crippen LogP contribution in [0.4, 0.5) is 14.4 Å². The van der Waals surface area contributed by atoms with Crippen molar-refractivity contribution in [2.75, 3.05) is 52.4 Å². The number of nitrogens with zero attached hydrogens (tertiary/aromatic N) is 15. The van der Waals surface area contributed by atoms with E-state index >= 15 is 0 Å². The number of carbonyl (C=O) groups is 3. The minimum Gasteiger partial charge on any atom is -0.471 e. The highest BCUT2D eigenvalue weighted by Crippen LogP contribution is 2.58. The fraction of sp³-hybridized carbons (Fsp3) is 0.536. The first kappa shape index (κ1) is 102. The molecular weight excluding hydrogens is 1830 g/mol. The smallest absolute Gasteiger partial charge is 0.471 e. The number of hydrogen-bond donors (Lipinski definition) is 1. The number of allylic oxidation sites excluding steroid dienone is 2. The molecule has 28 nitrogen and oxygen atoms in total. The molecule has 9 aliphatic heterocycles. The van der Waals surface area contributed by atoms with Gasteiger partial charge in [-0.1, -0.05) is 111 Å². The van der Waals surface area contributed by atoms with E-state index < -0.39 is 16.8 Å². The number of ether oxygens (including phenoxy) is 7. The molecule has 5 atom stereocenters. The molecule has 4 spiro atoms. The fourth-order valence-electron chi connectivity index (χ4n) is 19.8. The average Bonchev–Trinajstić information content (AvgIpc) is 1.61. The number of carbonyl (C=O) groups excluding carboxylic acids is 3. The molecule has 9 fully saturated rings. The molecule has 742 valence electrons. The Kier molecular flexibility index (Phi) is 29.8. The predicted molar refractivity (Wildman–Crippen MR) is 549 cm³/mol. The van der Waals surface area contributed by atoms with Gasteiger partial charge in [0.1, 0.15) is 64.0 Å². The van der Waals surface area contributed by atoms with Crippen LogP contribution in [0, 0.1) is 21.7 Å². The third kappa shape index (κ3) is 24.2. The summed E-state index contributed by atoms with van der Waals surface area (Å²) < 4.78 is 54.5. The van der Waals surface area contributed by atoms with Crippen LogP contribution in [0.5, 0.6) is 23.5 Å². The lowest BCUT2D eigenvalue weighted by molar-refractivity contribution is -0.0250. The summed E-state index contributed by atoms with van der Waals surface area (Å²) in [6, 6.07) is 25.7. The maximum absolute atomic E-state index is 12.7. The van der Waals surface area contributed by atoms with Crippen LogP contribution in [0.3, 0.4) is 0 Å². The summed E-state index contributed by atoms with van der Waals surface area (Å²) >= 11 is 3.54. The Morgan fingerprint density at radius 2 is 0.786 bits per heavy atom. The molecule has 1 unspecified atom stereocenters. The third-order valence-electron chi connectivity index (χ3n) is 28.5. The number of halogens is 1. The molecule has 4 aromatic heterocycles. The number of fused-ring (bicyclic) bond motifs is 4. The van der Waals surface area contributed by atoms with Crippen LogP contribution >= 0.6 is 15.9 Å². The zero-order valence-electron chi connectivity index (χ0n) is 84.2. The van der Waals surface area contributed by atoms with Gasteiger partial charge in [0, 0.05) is 80.7 Å². The van der Waals surface area contributed by atoms with E-state index in [0.717, 1.165) is 149 Å². The molecule has 21 rings (SSSR count). The Bertz CT molecular complexity index is 6100. The summed E-state index contributed by atoms with van der Waals surface area (Å²) in [6.45, 7) is 52.1. The Morgan fingerprint density at radius 3 is 1.11 bits per heavy atom. The Hall–Kier alpha value is -11.2. The molecule has 0 radical (unpaired) electrons. The van der Waals surface area contributed by atoms with E-state index in [1.54, 1.807) is 64.3 Å². The molecule has 4 aliphatic carbocycles. The van der Waals surface area contributed by atoms with Gasteiger partial charge in [-0.2, -0.15) is 0 Å². The van der Waals surface area contributed by atoms with E-state index in [0.29, 0.717) is 118 Å². The van der Waals surface area contributed by atoms with Crippen LogP contribution in [0.1, 0.15) is 311 Å². The summed E-state index contributed by atoms with van der Waals surface area (Å²) in [5.74, 6) is 2.97. The van der Waals surface area contributed by atoms with Gasteiger partial charge in [-0.25, -0.2) is 34.3 Å². The van der Waals surface area contributed by atoms with E-state index in [1.807, 2.05) is 82.2 Å². The zero-order chi connectivity index (χ0) is 98.5. The number of likely N-dealkylation sites (tertiary alicyclic amines) is 3. The Morgan fingerprint density at radius 1 is 0.457 bits per heavy atom. The highest BCUT2D eigenvalue weighted by Gasteiger charge is 2.58. The van der Waals surface area contributed by atoms with Crippen LogP contribution in [0.15, 0.2) is 165 Å². The number of piperidine rings is 4. The van der Waals surface area contributed by atoms with Crippen molar-refractivity contribution >= 4 is 69.7 Å². The van der Waals surface area contributed by atoms with Crippen LogP contribution in [0.2, 0.25) is 0 Å². The second-order valence-electron chi connectivity index (χ2n) is 44.3. The first-order valence-electron chi connectivity index (χ1n) is 49.7. The molecule has 4 saturated carbocycles. The van der Waals surface area contributed by atoms with Gasteiger partial charge in [0.15, 0.2) is 0 Å². The largest absolute Gasteiger partial charge is 0.489 e. The molecule has 30 heteroatoms. The topological polar surface area (TPSA) is 309 Å². The highest BCUT2D eigenvalue weighted by molar-refractivity contribution is 9.10. The molecule has 1 N–H and O–H groups in total. The number of hydrogen-bond acceptors (Lipinski definition) is 25. The normalized spacial score (nSPS) is 21.7. The summed E-state index contributed by atoms with van der Waals surface area (Å²) in [5.41, 5.74) is 20.4. The van der Waals surface area contributed by atoms with E-state index in [1.165, 1.54) is 58.2 Å². The molecule has 5 saturated heterocycles. The lowest BCUT2D eigenvalue weighted by Crippen LogP contribution is -2.51. The van der Waals surface area contributed by atoms with Crippen molar-refractivity contribution < 1.29 is 56.9 Å². The molecule has 13 heterocycles. The molecule has 140 heavy (non-hydrogen) atoms. The van der Waals surface area contributed by atoms with Gasteiger partial charge in [-0.05, 0) is 268 Å². The number of nitrogens with one attached hydrogen (secondary N) is 1. The SMILES string of the molecule is C.C=C(C)B1OC(C)CC(C)(C)O1.C=C(C)c1ccc2c(c1)C(c1cncc(O[C@H]3CN(C(=O)OC(C)(C)C)CCC34CC4)n1)=NC2.CC(C)(C)OC(=O)N1CCC2(CC2)[C@@H](Oc2cncc(C3=NCc4ccc(Br)cc43)n2)C1.CC(C)c1ccc2c(c1)C(c1cncc(O[C@H]3CN(C(=O)OC(C)(C)C)CCC34CC4)n1)=NC2.CC(C)c1ccc2c(c1)C(c1cncc(O[C@H]3CNCCC34CC4)n1)=NC2. The van der Waals surface area contributed by atoms with Crippen molar-refractivity contribution in [3.8, 4) is 23.5 Å². The van der Waals surface area contributed by atoms with Gasteiger partial charge in [-0.3, -0.25) is 39.9 Å². The number of aliphatic imine (C=N–C) groups is 4. The van der Waals surface area contributed by atoms with Gasteiger partial charge in [-0.15, -0.1) is 6.58 Å². The van der Waals surface area contributed by atoms with Gasteiger partial charge >= 0.3 is 25.4 Å². The van der Waals surface area contributed by atoms with Crippen LogP contribution < -0.4 is 24.3 Å². The van der Waals surface area contributed by atoms with Crippen molar-refractivity contribution in [2.24, 2.45) is 41.6 Å². The Labute approximate surface area is 834 Å². The number of benzene rings is 4. The maximum atomic E-state index is 12.7. The van der Waals surface area contributed by atoms with E-state index in [9.17, 15) is 14.4 Å². The van der Waals surface area contributed by atoms with E-state index in [-0.39, 0.29) is 85.2 Å². The van der Waals surface area contributed by atoms with Crippen LogP contribution in [0.25, 0.3) is 5.57 Å². The number of aromatic nitrogens is 8. The van der Waals surface area contributed by atoms with Crippen LogP contribution in [-0.4, -0.2) is 208 Å². The fourth-order valence-corrected chi connectivity index (χ4v) is 20.2. The number of rotatable bonds is 16. The van der Waals surface area contributed by atoms with Crippen molar-refractivity contribution in [1.29, 1.82) is 0 Å². The molecule has 8 aromatic rings. The first-order chi connectivity index (χ1) is 66.0. The highest BCUT2D eigenvalue weighted by atomic mass is 79.9. The zero-order valence-corrected chi connectivity index (χ0v) is 85.8. The summed E-state index contributed by atoms with van der Waals surface area (Å²) in [4.78, 5) is 98.8. The van der Waals surface area contributed by atoms with Gasteiger partial charge in [0.25, 0.3) is 0 Å². The van der Waals surface area contributed by atoms with E-state index in [4.69, 9.17) is 77.4 Å². The molecule has 4 aromatic carbocycles. The van der Waals surface area contributed by atoms with E-state index in [2.05, 4.69) is 175 Å². The Balaban J connectivity index is 0.000000129. The molecule has 3 amide bonds. The molecule has 0 bridgehead atoms. The van der Waals surface area contributed by atoms with Gasteiger partial charge in [0.05, 0.1) is 124 Å². The van der Waals surface area contributed by atoms with Gasteiger partial charge in [0.2, 0.25) is 23.5 Å². The van der Waals surface area contributed by atoms with Gasteiger partial charge < -0.3 is 62.5 Å². The second-order valence-corrected chi connectivity index (χ2v) is 45.2. The monoisotopic (exact) mass is 1970 g/mol. The molecular formula is C110H140BBrN16O12. The molecule has 13 aliphatic rings. The van der Waals surface area contributed by atoms with Crippen molar-refractivity contribution in [1.82, 2.24) is 59.9 Å². The standard InChI is InChI=1S/C27H34N4O3.C27H32N4O3.C24H27BrN4O3.C22H26N4O.C9H17BO2.CH4/c2*1-17(2)18-6-7-19-13-29-24(20(19)12-18)21-14-28-15-23(30-21)33-22-16-31(11-10-27(22)8-9-27)25(32)34-26(3,4)5;1-23(2,3)32-22(30)29-9-8-24(6-7-24)19(14-29)31-20-13-26-12-18(28-20)21-17-10-16(25)5-4-15(17)11-27-21;1-14(2)15-3-4-16-10-25-21(17(16)9-15)18-11-24-13-20(26-18)27-19-12-23-8-7-22(19)5-6-22;1-7(2)10-11-8(3)6-9(4,5)12-10;/h6-7,12,14-15,17,22H,8-11,13,16H2,1-5H3;6-7,12,14-15,22H,1,8-11,13,16H2,2-5H3;4-5,10,12-13,19H,6-9,11,14H2,1-3H3;3-4,9,11,13-14,19,23H,5-8,10,12H2,1-2H3;8H,1,6H2,2-5H3;1H4/t2*22-;2*19-;;/m0000../s1. The third-order valence-corrected chi connectivity index (χ3v) is 29.0. The van der Waals surface area contributed by atoms with Crippen molar-refractivity contribution in [3.05, 3.63) is 229 Å². The average molecular weight is 1970 g/mol. The minimum atomic E-state index is -0.524. The van der Waals surface area contributed by atoms with Crippen molar-refractivity contribution in [3.63, 3.8) is 0 Å². The summed E-state index contributed by atoms with van der Waals surface area (Å²) in [7, 11) is -0.219. The first-order valence-corrected chi connectivity index (χ1v) is 50.5. The lowest BCUT2D eigenvalue weighted by atomic mass is 9.76. The summed E-state index contributed by atoms with van der Waals surface area (Å²) in [6.07, 6.45) is 27.0. The number of amides is 3. The summed E-state index contributed by atoms with van der Waals surface area (Å²) in [5, 5.41) is 3.45. The van der Waals surface area contributed by atoms with Crippen LogP contribution in [-0.2, 0) is 49.7 Å². The quantitative estimate of drug-likeness (QED) is 0.0694. The lowest BCUT2D eigenvalue weighted by Gasteiger charge is -2.39. The second kappa shape index (κ2) is 41.0.